The molecule has 0 amide bonds. The molecule has 0 atom stereocenters. The third-order valence-electron chi connectivity index (χ3n) is 2.17. The smallest absolute Gasteiger partial charge is 0.338 e. The van der Waals surface area contributed by atoms with E-state index in [-0.39, 0.29) is 5.97 Å². The molecular formula is C12H15O2. The Labute approximate surface area is 84.9 Å². The maximum atomic E-state index is 11.6. The summed E-state index contributed by atoms with van der Waals surface area (Å²) in [6.45, 7) is 5.80. The van der Waals surface area contributed by atoms with Gasteiger partial charge < -0.3 is 4.74 Å². The predicted molar refractivity (Wildman–Crippen MR) is 55.1 cm³/mol. The lowest BCUT2D eigenvalue weighted by molar-refractivity contribution is -0.00243. The Morgan fingerprint density at radius 3 is 2.50 bits per heavy atom. The van der Waals surface area contributed by atoms with Crippen molar-refractivity contribution in [3.8, 4) is 0 Å². The van der Waals surface area contributed by atoms with E-state index in [1.165, 1.54) is 0 Å². The van der Waals surface area contributed by atoms with Crippen LogP contribution in [0.2, 0.25) is 0 Å². The molecule has 0 unspecified atom stereocenters. The van der Waals surface area contributed by atoms with Crippen LogP contribution in [-0.2, 0) is 4.74 Å². The summed E-state index contributed by atoms with van der Waals surface area (Å²) in [7, 11) is 0. The van der Waals surface area contributed by atoms with Crippen LogP contribution in [0.25, 0.3) is 0 Å². The molecule has 75 valence electrons. The Morgan fingerprint density at radius 1 is 1.43 bits per heavy atom. The third kappa shape index (κ3) is 2.87. The summed E-state index contributed by atoms with van der Waals surface area (Å²) in [5.41, 5.74) is 0.182. The van der Waals surface area contributed by atoms with E-state index >= 15 is 0 Å². The normalized spacial score (nSPS) is 11.1. The highest BCUT2D eigenvalue weighted by molar-refractivity contribution is 5.89. The Hall–Kier alpha value is -1.31. The second kappa shape index (κ2) is 4.27. The van der Waals surface area contributed by atoms with E-state index in [1.54, 1.807) is 24.3 Å². The van der Waals surface area contributed by atoms with Crippen molar-refractivity contribution in [2.75, 3.05) is 0 Å². The molecule has 0 aliphatic heterocycles. The molecule has 0 aromatic heterocycles. The van der Waals surface area contributed by atoms with Gasteiger partial charge in [-0.05, 0) is 38.5 Å². The van der Waals surface area contributed by atoms with Crippen molar-refractivity contribution in [1.82, 2.24) is 0 Å². The Kier molecular flexibility index (Phi) is 3.28. The van der Waals surface area contributed by atoms with Crippen LogP contribution in [0.4, 0.5) is 0 Å². The zero-order chi connectivity index (χ0) is 10.6. The van der Waals surface area contributed by atoms with Crippen LogP contribution in [0.3, 0.4) is 0 Å². The fourth-order valence-corrected chi connectivity index (χ4v) is 0.905. The standard InChI is InChI=1S/C12H15O2/c1-4-12(2,3)14-11(13)10-8-6-5-7-9-10/h6-9H,4H2,1-3H3. The zero-order valence-electron chi connectivity index (χ0n) is 8.83. The fourth-order valence-electron chi connectivity index (χ4n) is 0.905. The van der Waals surface area contributed by atoms with Gasteiger partial charge in [-0.15, -0.1) is 0 Å². The molecule has 0 heterocycles. The number of carbonyl (C=O) groups excluding carboxylic acids is 1. The van der Waals surface area contributed by atoms with Gasteiger partial charge in [0.2, 0.25) is 0 Å². The van der Waals surface area contributed by atoms with Crippen LogP contribution >= 0.6 is 0 Å². The van der Waals surface area contributed by atoms with Crippen molar-refractivity contribution in [3.63, 3.8) is 0 Å². The lowest BCUT2D eigenvalue weighted by Gasteiger charge is -2.23. The molecule has 1 rings (SSSR count). The van der Waals surface area contributed by atoms with Crippen LogP contribution in [0.5, 0.6) is 0 Å². The van der Waals surface area contributed by atoms with Crippen LogP contribution in [0.1, 0.15) is 37.6 Å². The van der Waals surface area contributed by atoms with E-state index in [1.807, 2.05) is 20.8 Å². The summed E-state index contributed by atoms with van der Waals surface area (Å²) in [5, 5.41) is 0. The van der Waals surface area contributed by atoms with Gasteiger partial charge in [0.05, 0.1) is 5.56 Å². The molecule has 0 aliphatic carbocycles. The lowest BCUT2D eigenvalue weighted by atomic mass is 10.1. The highest BCUT2D eigenvalue weighted by atomic mass is 16.6. The van der Waals surface area contributed by atoms with Gasteiger partial charge in [-0.1, -0.05) is 19.1 Å². The van der Waals surface area contributed by atoms with Crippen LogP contribution < -0.4 is 0 Å². The first kappa shape index (κ1) is 10.8. The molecule has 1 aromatic carbocycles. The Morgan fingerprint density at radius 2 is 2.00 bits per heavy atom. The van der Waals surface area contributed by atoms with E-state index in [0.717, 1.165) is 6.42 Å². The first-order valence-electron chi connectivity index (χ1n) is 4.74. The molecule has 1 aromatic rings. The molecule has 2 heteroatoms. The maximum absolute atomic E-state index is 11.6. The highest BCUT2D eigenvalue weighted by Gasteiger charge is 2.20. The molecule has 0 saturated carbocycles. The number of ether oxygens (including phenoxy) is 1. The third-order valence-corrected chi connectivity index (χ3v) is 2.17. The summed E-state index contributed by atoms with van der Waals surface area (Å²) in [4.78, 5) is 11.6. The van der Waals surface area contributed by atoms with Crippen LogP contribution in [0, 0.1) is 6.07 Å². The Balaban J connectivity index is 2.69. The first-order chi connectivity index (χ1) is 6.55. The summed E-state index contributed by atoms with van der Waals surface area (Å²) in [6.07, 6.45) is 0.803. The minimum absolute atomic E-state index is 0.272. The van der Waals surface area contributed by atoms with Crippen molar-refractivity contribution < 1.29 is 9.53 Å². The van der Waals surface area contributed by atoms with Gasteiger partial charge in [0, 0.05) is 0 Å². The maximum Gasteiger partial charge on any atom is 0.338 e. The number of rotatable bonds is 3. The SMILES string of the molecule is CCC(C)(C)OC(=O)c1cc[c]cc1. The molecular weight excluding hydrogens is 176 g/mol. The second-order valence-electron chi connectivity index (χ2n) is 3.79. The first-order valence-corrected chi connectivity index (χ1v) is 4.74. The van der Waals surface area contributed by atoms with Crippen molar-refractivity contribution >= 4 is 5.97 Å². The largest absolute Gasteiger partial charge is 0.456 e. The molecule has 0 aliphatic rings. The topological polar surface area (TPSA) is 26.3 Å². The summed E-state index contributed by atoms with van der Waals surface area (Å²) in [6, 6.07) is 9.67. The number of esters is 1. The number of carbonyl (C=O) groups is 1. The molecule has 0 bridgehead atoms. The highest BCUT2D eigenvalue weighted by Crippen LogP contribution is 2.16. The number of hydrogen-bond acceptors (Lipinski definition) is 2. The molecule has 14 heavy (non-hydrogen) atoms. The zero-order valence-corrected chi connectivity index (χ0v) is 8.83. The minimum Gasteiger partial charge on any atom is -0.456 e. The summed E-state index contributed by atoms with van der Waals surface area (Å²) < 4.78 is 5.32. The van der Waals surface area contributed by atoms with Gasteiger partial charge in [0.1, 0.15) is 5.60 Å². The van der Waals surface area contributed by atoms with Crippen molar-refractivity contribution in [3.05, 3.63) is 35.9 Å². The van der Waals surface area contributed by atoms with E-state index in [2.05, 4.69) is 6.07 Å². The van der Waals surface area contributed by atoms with Crippen LogP contribution in [0.15, 0.2) is 24.3 Å². The number of benzene rings is 1. The van der Waals surface area contributed by atoms with E-state index in [9.17, 15) is 4.79 Å². The van der Waals surface area contributed by atoms with E-state index in [4.69, 9.17) is 4.74 Å². The van der Waals surface area contributed by atoms with Gasteiger partial charge in [-0.3, -0.25) is 0 Å². The van der Waals surface area contributed by atoms with Gasteiger partial charge in [0.25, 0.3) is 0 Å². The monoisotopic (exact) mass is 191 g/mol. The average Bonchev–Trinajstić information content (AvgIpc) is 2.19. The number of hydrogen-bond donors (Lipinski definition) is 0. The summed E-state index contributed by atoms with van der Waals surface area (Å²) in [5.74, 6) is -0.272. The van der Waals surface area contributed by atoms with Crippen LogP contribution in [-0.4, -0.2) is 11.6 Å². The van der Waals surface area contributed by atoms with Gasteiger partial charge in [0.15, 0.2) is 0 Å². The van der Waals surface area contributed by atoms with Gasteiger partial charge in [-0.25, -0.2) is 4.79 Å². The van der Waals surface area contributed by atoms with Crippen molar-refractivity contribution in [2.24, 2.45) is 0 Å². The van der Waals surface area contributed by atoms with Gasteiger partial charge >= 0.3 is 5.97 Å². The van der Waals surface area contributed by atoms with E-state index < -0.39 is 5.60 Å². The second-order valence-corrected chi connectivity index (χ2v) is 3.79. The summed E-state index contributed by atoms with van der Waals surface area (Å²) >= 11 is 0. The quantitative estimate of drug-likeness (QED) is 0.687. The van der Waals surface area contributed by atoms with Crippen molar-refractivity contribution in [2.45, 2.75) is 32.8 Å². The van der Waals surface area contributed by atoms with Crippen molar-refractivity contribution in [1.29, 1.82) is 0 Å². The predicted octanol–water partition coefficient (Wildman–Crippen LogP) is 2.83. The van der Waals surface area contributed by atoms with E-state index in [0.29, 0.717) is 5.56 Å². The van der Waals surface area contributed by atoms with Gasteiger partial charge in [-0.2, -0.15) is 0 Å². The molecule has 0 spiro atoms. The average molecular weight is 191 g/mol. The lowest BCUT2D eigenvalue weighted by Crippen LogP contribution is -2.26. The molecule has 0 fully saturated rings. The molecule has 0 saturated heterocycles. The molecule has 2 nitrogen and oxygen atoms in total. The molecule has 1 radical (unpaired) electrons. The minimum atomic E-state index is -0.392. The Bertz CT molecular complexity index is 301. The molecule has 0 N–H and O–H groups in total. The fraction of sp³-hybridized carbons (Fsp3) is 0.417.